The number of aliphatic hydroxyl groups is 5. The molecule has 1 saturated carbocycles. The monoisotopic (exact) mass is 916 g/mol. The quantitative estimate of drug-likeness (QED) is 0.0737. The number of fused-ring (bicyclic) bond motifs is 5. The number of benzene rings is 1. The number of aliphatic hydroxyl groups excluding tert-OH is 5. The number of hydrogen-bond donors (Lipinski definition) is 10. The van der Waals surface area contributed by atoms with Gasteiger partial charge in [-0.1, -0.05) is 77.3 Å². The lowest BCUT2D eigenvalue weighted by molar-refractivity contribution is -0.0214. The van der Waals surface area contributed by atoms with Crippen molar-refractivity contribution in [1.29, 1.82) is 0 Å². The molecular formula is C51H72N4O7S2. The van der Waals surface area contributed by atoms with Crippen LogP contribution in [0.2, 0.25) is 0 Å². The summed E-state index contributed by atoms with van der Waals surface area (Å²) in [6.45, 7) is 3.11. The second-order valence-electron chi connectivity index (χ2n) is 19.5. The van der Waals surface area contributed by atoms with Gasteiger partial charge in [-0.3, -0.25) is 0 Å². The molecule has 0 bridgehead atoms. The number of H-pyrrole nitrogens is 1. The van der Waals surface area contributed by atoms with E-state index in [-0.39, 0.29) is 53.9 Å². The average Bonchev–Trinajstić information content (AvgIpc) is 3.76. The molecule has 2 fully saturated rings. The Bertz CT molecular complexity index is 2020. The molecule has 6 aliphatic rings. The van der Waals surface area contributed by atoms with E-state index < -0.39 is 36.3 Å². The van der Waals surface area contributed by atoms with Crippen LogP contribution >= 0.6 is 21.6 Å². The van der Waals surface area contributed by atoms with Crippen LogP contribution in [0.4, 0.5) is 0 Å². The lowest BCUT2D eigenvalue weighted by Crippen LogP contribution is -2.42. The summed E-state index contributed by atoms with van der Waals surface area (Å²) in [4.78, 5) is 3.36. The molecule has 2 aromatic rings. The highest BCUT2D eigenvalue weighted by Crippen LogP contribution is 2.48. The highest BCUT2D eigenvalue weighted by molar-refractivity contribution is 8.76. The largest absolute Gasteiger partial charge is 0.504 e. The minimum Gasteiger partial charge on any atom is -0.504 e. The number of aryl methyl sites for hydroxylation is 1. The maximum atomic E-state index is 12.2. The first-order valence-corrected chi connectivity index (χ1v) is 26.7. The van der Waals surface area contributed by atoms with Crippen LogP contribution in [0.1, 0.15) is 107 Å². The number of dihydropyridines is 1. The van der Waals surface area contributed by atoms with Crippen molar-refractivity contribution in [3.8, 4) is 23.3 Å². The van der Waals surface area contributed by atoms with Gasteiger partial charge in [0.15, 0.2) is 11.5 Å². The summed E-state index contributed by atoms with van der Waals surface area (Å²) in [7, 11) is 3.26. The Morgan fingerprint density at radius 3 is 2.62 bits per heavy atom. The van der Waals surface area contributed by atoms with Gasteiger partial charge in [0.2, 0.25) is 0 Å². The third kappa shape index (κ3) is 11.2. The number of phenolic OH excluding ortho intramolecular Hbond substituents is 1. The molecule has 64 heavy (non-hydrogen) atoms. The molecule has 1 saturated heterocycles. The first-order valence-electron chi connectivity index (χ1n) is 24.2. The number of phenols is 1. The Labute approximate surface area is 388 Å². The molecular weight excluding hydrogens is 845 g/mol. The molecule has 4 aliphatic carbocycles. The molecule has 11 nitrogen and oxygen atoms in total. The summed E-state index contributed by atoms with van der Waals surface area (Å²) in [5, 5.41) is 76.5. The zero-order valence-corrected chi connectivity index (χ0v) is 39.1. The number of allylic oxidation sites excluding steroid dienone is 3. The van der Waals surface area contributed by atoms with E-state index in [9.17, 15) is 30.6 Å². The van der Waals surface area contributed by atoms with Crippen LogP contribution in [0.25, 0.3) is 0 Å². The van der Waals surface area contributed by atoms with Crippen LogP contribution in [0, 0.1) is 47.3 Å². The minimum atomic E-state index is -1.03. The van der Waals surface area contributed by atoms with Crippen LogP contribution < -0.4 is 21.1 Å². The fraction of sp³-hybridized carbons (Fsp3) is 0.647. The molecule has 0 spiro atoms. The number of ether oxygens (including phenoxy) is 1. The average molecular weight is 917 g/mol. The van der Waals surface area contributed by atoms with Gasteiger partial charge in [0.1, 0.15) is 11.9 Å². The molecule has 350 valence electrons. The molecule has 3 heterocycles. The molecule has 13 heteroatoms. The summed E-state index contributed by atoms with van der Waals surface area (Å²) in [6, 6.07) is 7.85. The highest BCUT2D eigenvalue weighted by Gasteiger charge is 2.42. The van der Waals surface area contributed by atoms with Crippen molar-refractivity contribution in [2.75, 3.05) is 31.2 Å². The number of aromatic nitrogens is 1. The van der Waals surface area contributed by atoms with Gasteiger partial charge in [-0.15, -0.1) is 0 Å². The topological polar surface area (TPSA) is 196 Å². The van der Waals surface area contributed by atoms with Gasteiger partial charge in [0, 0.05) is 84.3 Å². The predicted octanol–water partition coefficient (Wildman–Crippen LogP) is 6.21. The van der Waals surface area contributed by atoms with Crippen molar-refractivity contribution in [2.45, 2.75) is 139 Å². The Balaban J connectivity index is 1.06. The van der Waals surface area contributed by atoms with Crippen molar-refractivity contribution in [3.05, 3.63) is 82.0 Å². The molecule has 0 unspecified atom stereocenters. The number of nitrogens with two attached hydrogens (primary N) is 1. The van der Waals surface area contributed by atoms with Gasteiger partial charge < -0.3 is 56.7 Å². The lowest BCUT2D eigenvalue weighted by atomic mass is 9.76. The third-order valence-electron chi connectivity index (χ3n) is 15.4. The Hall–Kier alpha value is -3.06. The Kier molecular flexibility index (Phi) is 16.4. The van der Waals surface area contributed by atoms with E-state index in [2.05, 4.69) is 52.6 Å². The summed E-state index contributed by atoms with van der Waals surface area (Å²) in [5.74, 6) is 8.28. The molecule has 11 N–H and O–H groups in total. The van der Waals surface area contributed by atoms with Crippen molar-refractivity contribution in [1.82, 2.24) is 15.6 Å². The number of hydrogen-bond acceptors (Lipinski definition) is 12. The first kappa shape index (κ1) is 47.4. The number of rotatable bonds is 10. The van der Waals surface area contributed by atoms with E-state index in [4.69, 9.17) is 10.5 Å². The SMILES string of the molecule is CC[C@H]1C#C[C@H]2C=C3CCc4cc(O)c(O[C@H]5C[C@@H](Cc6ccc[nH]6)C6=CCNC(N)=C6CSSC[C@H](CO)[C@@H]5O)cc4[C@@H]3C[C@@H](O)[C@H]2[C@@H](O)CC[C@@H](NC[C@H](O)C2CCCCC2)C1. The second-order valence-corrected chi connectivity index (χ2v) is 22.0. The van der Waals surface area contributed by atoms with E-state index in [1.54, 1.807) is 27.7 Å². The Morgan fingerprint density at radius 1 is 1.00 bits per heavy atom. The van der Waals surface area contributed by atoms with Gasteiger partial charge in [0.05, 0.1) is 24.4 Å². The zero-order chi connectivity index (χ0) is 44.7. The van der Waals surface area contributed by atoms with E-state index >= 15 is 0 Å². The van der Waals surface area contributed by atoms with Crippen molar-refractivity contribution >= 4 is 21.6 Å². The maximum absolute atomic E-state index is 12.2. The maximum Gasteiger partial charge on any atom is 0.161 e. The van der Waals surface area contributed by atoms with Crippen LogP contribution in [-0.2, 0) is 12.8 Å². The van der Waals surface area contributed by atoms with E-state index in [0.717, 1.165) is 66.5 Å². The third-order valence-corrected chi connectivity index (χ3v) is 17.8. The molecule has 1 aromatic heterocycles. The van der Waals surface area contributed by atoms with Crippen LogP contribution in [0.5, 0.6) is 11.5 Å². The van der Waals surface area contributed by atoms with Gasteiger partial charge in [0.25, 0.3) is 0 Å². The first-order chi connectivity index (χ1) is 31.1. The minimum absolute atomic E-state index is 0.00496. The second kappa shape index (κ2) is 22.2. The molecule has 8 rings (SSSR count). The van der Waals surface area contributed by atoms with Gasteiger partial charge in [-0.2, -0.15) is 0 Å². The van der Waals surface area contributed by atoms with Gasteiger partial charge >= 0.3 is 0 Å². The molecule has 0 amide bonds. The summed E-state index contributed by atoms with van der Waals surface area (Å²) < 4.78 is 6.85. The van der Waals surface area contributed by atoms with E-state index in [1.165, 1.54) is 24.8 Å². The highest BCUT2D eigenvalue weighted by atomic mass is 33.1. The fourth-order valence-electron chi connectivity index (χ4n) is 11.5. The summed E-state index contributed by atoms with van der Waals surface area (Å²) in [5.41, 5.74) is 13.0. The lowest BCUT2D eigenvalue weighted by Gasteiger charge is -2.35. The number of nitrogens with one attached hydrogen (secondary N) is 3. The Morgan fingerprint density at radius 2 is 1.84 bits per heavy atom. The van der Waals surface area contributed by atoms with Crippen LogP contribution in [-0.4, -0.2) is 103 Å². The molecule has 2 aliphatic heterocycles. The van der Waals surface area contributed by atoms with E-state index in [1.807, 2.05) is 18.3 Å². The predicted molar refractivity (Wildman–Crippen MR) is 256 cm³/mol. The van der Waals surface area contributed by atoms with Crippen molar-refractivity contribution < 1.29 is 35.4 Å². The smallest absolute Gasteiger partial charge is 0.161 e. The van der Waals surface area contributed by atoms with Gasteiger partial charge in [-0.25, -0.2) is 0 Å². The summed E-state index contributed by atoms with van der Waals surface area (Å²) in [6.07, 6.45) is 14.3. The van der Waals surface area contributed by atoms with Crippen LogP contribution in [0.15, 0.2) is 65.2 Å². The standard InChI is InChI=1S/C51H72N4O7S2/c1-2-30-10-11-34-20-32-12-13-33-22-44(58)47(25-41(33)40(32)24-45(59)49(34)43(57)15-14-38(19-30)55-26-46(60)31-7-4-3-5-8-31)62-48-23-35(21-37-9-6-17-53-37)39-16-18-54-51(52)42(39)29-64-63-28-36(27-56)50(48)61/h6,9,16-17,20,22,25,30-31,34-36,38,40,43,45-46,48-50,53-61H,2-5,7-8,12-15,18-19,21,23-24,26-29,52H2,1H3/t30-,34-,35+,36-,38+,40+,43-,45+,46-,48-,49+,50-/m0/s1. The van der Waals surface area contributed by atoms with Crippen molar-refractivity contribution in [3.63, 3.8) is 0 Å². The van der Waals surface area contributed by atoms with Gasteiger partial charge in [-0.05, 0) is 123 Å². The molecule has 0 radical (unpaired) electrons. The summed E-state index contributed by atoms with van der Waals surface area (Å²) >= 11 is 0. The number of aromatic hydroxyl groups is 1. The zero-order valence-electron chi connectivity index (χ0n) is 37.5. The number of aromatic amines is 1. The molecule has 12 atom stereocenters. The molecule has 1 aromatic carbocycles. The van der Waals surface area contributed by atoms with Crippen LogP contribution in [0.3, 0.4) is 0 Å². The normalized spacial score (nSPS) is 33.4. The van der Waals surface area contributed by atoms with E-state index in [0.29, 0.717) is 68.4 Å². The van der Waals surface area contributed by atoms with Crippen molar-refractivity contribution in [2.24, 2.45) is 41.2 Å². The fourth-order valence-corrected chi connectivity index (χ4v) is 14.1.